The number of hydrogen-bond donors (Lipinski definition) is 0. The Kier molecular flexibility index (Phi) is 4.52. The Hall–Kier alpha value is 0.440. The fraction of sp³-hybridized carbons (Fsp3) is 1.00. The molecule has 0 spiro atoms. The van der Waals surface area contributed by atoms with Crippen molar-refractivity contribution < 1.29 is 4.74 Å². The molecule has 122 valence electrons. The normalized spacial score (nSPS) is 41.1. The average Bonchev–Trinajstić information content (AvgIpc) is 2.74. The van der Waals surface area contributed by atoms with E-state index in [-0.39, 0.29) is 0 Å². The van der Waals surface area contributed by atoms with E-state index < -0.39 is 0 Å². The van der Waals surface area contributed by atoms with Crippen LogP contribution in [0.5, 0.6) is 0 Å². The van der Waals surface area contributed by atoms with Crippen LogP contribution < -0.4 is 0 Å². The first-order valence-electron chi connectivity index (χ1n) is 9.11. The van der Waals surface area contributed by atoms with Crippen LogP contribution in [0, 0.1) is 22.2 Å². The lowest BCUT2D eigenvalue weighted by atomic mass is 9.70. The van der Waals surface area contributed by atoms with Gasteiger partial charge in [0.05, 0.1) is 12.7 Å². The van der Waals surface area contributed by atoms with Gasteiger partial charge < -0.3 is 4.74 Å². The van der Waals surface area contributed by atoms with Crippen LogP contribution in [-0.4, -0.2) is 18.0 Å². The Morgan fingerprint density at radius 2 is 1.67 bits per heavy atom. The molecular weight excluding hydrogens is 324 g/mol. The molecule has 3 fully saturated rings. The van der Waals surface area contributed by atoms with Crippen molar-refractivity contribution in [1.82, 2.24) is 0 Å². The Morgan fingerprint density at radius 1 is 1.00 bits per heavy atom. The summed E-state index contributed by atoms with van der Waals surface area (Å²) >= 11 is 3.81. The van der Waals surface area contributed by atoms with Crippen LogP contribution in [0.2, 0.25) is 0 Å². The van der Waals surface area contributed by atoms with Crippen molar-refractivity contribution in [2.24, 2.45) is 22.2 Å². The summed E-state index contributed by atoms with van der Waals surface area (Å²) in [6.07, 6.45) is 12.9. The second-order valence-electron chi connectivity index (χ2n) is 8.96. The molecule has 0 N–H and O–H groups in total. The highest BCUT2D eigenvalue weighted by atomic mass is 79.9. The molecule has 2 heteroatoms. The lowest BCUT2D eigenvalue weighted by Crippen LogP contribution is -2.40. The van der Waals surface area contributed by atoms with Crippen LogP contribution in [0.1, 0.15) is 78.6 Å². The van der Waals surface area contributed by atoms with Gasteiger partial charge in [-0.25, -0.2) is 0 Å². The van der Waals surface area contributed by atoms with E-state index in [9.17, 15) is 0 Å². The van der Waals surface area contributed by atoms with E-state index in [1.54, 1.807) is 0 Å². The lowest BCUT2D eigenvalue weighted by molar-refractivity contribution is -0.0769. The highest BCUT2D eigenvalue weighted by Crippen LogP contribution is 2.66. The van der Waals surface area contributed by atoms with Crippen molar-refractivity contribution in [3.63, 3.8) is 0 Å². The first-order valence-corrected chi connectivity index (χ1v) is 10.2. The van der Waals surface area contributed by atoms with Crippen molar-refractivity contribution in [1.29, 1.82) is 0 Å². The first kappa shape index (κ1) is 16.3. The summed E-state index contributed by atoms with van der Waals surface area (Å²) in [7, 11) is 0. The Balaban J connectivity index is 1.65. The first-order chi connectivity index (χ1) is 9.94. The molecule has 3 atom stereocenters. The standard InChI is InChI=1S/C19H33BrO/c1-17(2)15-8-11-18(17,3)16(12-15)21-14-19(13-20)9-6-4-5-7-10-19/h15-16H,4-14H2,1-3H3. The molecule has 1 nitrogen and oxygen atoms in total. The molecule has 0 aromatic heterocycles. The van der Waals surface area contributed by atoms with Gasteiger partial charge in [0.25, 0.3) is 0 Å². The molecule has 2 bridgehead atoms. The topological polar surface area (TPSA) is 9.23 Å². The minimum Gasteiger partial charge on any atom is -0.377 e. The lowest BCUT2D eigenvalue weighted by Gasteiger charge is -2.41. The number of hydrogen-bond acceptors (Lipinski definition) is 1. The van der Waals surface area contributed by atoms with E-state index >= 15 is 0 Å². The average molecular weight is 357 g/mol. The van der Waals surface area contributed by atoms with Gasteiger partial charge in [-0.1, -0.05) is 62.4 Å². The van der Waals surface area contributed by atoms with Gasteiger partial charge in [-0.2, -0.15) is 0 Å². The molecule has 0 amide bonds. The number of halogens is 1. The summed E-state index contributed by atoms with van der Waals surface area (Å²) in [6.45, 7) is 8.46. The summed E-state index contributed by atoms with van der Waals surface area (Å²) in [5.74, 6) is 0.890. The molecule has 0 heterocycles. The third kappa shape index (κ3) is 2.63. The maximum atomic E-state index is 6.63. The second-order valence-corrected chi connectivity index (χ2v) is 9.52. The van der Waals surface area contributed by atoms with Crippen LogP contribution in [0.25, 0.3) is 0 Å². The van der Waals surface area contributed by atoms with E-state index in [2.05, 4.69) is 36.7 Å². The van der Waals surface area contributed by atoms with Gasteiger partial charge in [0.1, 0.15) is 0 Å². The van der Waals surface area contributed by atoms with Gasteiger partial charge in [-0.3, -0.25) is 0 Å². The minimum atomic E-state index is 0.413. The van der Waals surface area contributed by atoms with Crippen LogP contribution in [0.3, 0.4) is 0 Å². The van der Waals surface area contributed by atoms with Gasteiger partial charge in [-0.05, 0) is 48.9 Å². The van der Waals surface area contributed by atoms with Gasteiger partial charge in [0.15, 0.2) is 0 Å². The zero-order chi connectivity index (χ0) is 15.1. The van der Waals surface area contributed by atoms with Crippen LogP contribution in [-0.2, 0) is 4.74 Å². The Bertz CT molecular complexity index is 370. The number of alkyl halides is 1. The molecule has 3 aliphatic carbocycles. The highest BCUT2D eigenvalue weighted by molar-refractivity contribution is 9.09. The summed E-state index contributed by atoms with van der Waals surface area (Å²) in [4.78, 5) is 0. The number of fused-ring (bicyclic) bond motifs is 2. The second kappa shape index (κ2) is 5.82. The molecule has 0 aromatic rings. The highest BCUT2D eigenvalue weighted by Gasteiger charge is 2.62. The summed E-state index contributed by atoms with van der Waals surface area (Å²) in [5.41, 5.74) is 1.30. The zero-order valence-electron chi connectivity index (χ0n) is 14.2. The third-order valence-electron chi connectivity index (χ3n) is 7.75. The molecule has 0 radical (unpaired) electrons. The van der Waals surface area contributed by atoms with E-state index in [0.29, 0.717) is 22.3 Å². The van der Waals surface area contributed by atoms with E-state index in [0.717, 1.165) is 17.9 Å². The smallest absolute Gasteiger partial charge is 0.0637 e. The maximum absolute atomic E-state index is 6.63. The summed E-state index contributed by atoms with van der Waals surface area (Å²) in [6, 6.07) is 0. The van der Waals surface area contributed by atoms with Gasteiger partial charge in [0, 0.05) is 10.7 Å². The number of rotatable bonds is 4. The SMILES string of the molecule is CC1(C)C2CCC1(C)C(OCC1(CBr)CCCCCC1)C2. The molecule has 21 heavy (non-hydrogen) atoms. The van der Waals surface area contributed by atoms with Crippen molar-refractivity contribution in [3.05, 3.63) is 0 Å². The zero-order valence-corrected chi connectivity index (χ0v) is 15.8. The number of ether oxygens (including phenoxy) is 1. The fourth-order valence-electron chi connectivity index (χ4n) is 5.45. The minimum absolute atomic E-state index is 0.413. The molecule has 3 aliphatic rings. The largest absolute Gasteiger partial charge is 0.377 e. The van der Waals surface area contributed by atoms with Crippen molar-refractivity contribution in [2.75, 3.05) is 11.9 Å². The maximum Gasteiger partial charge on any atom is 0.0637 e. The van der Waals surface area contributed by atoms with E-state index in [1.807, 2.05) is 0 Å². The summed E-state index contributed by atoms with van der Waals surface area (Å²) < 4.78 is 6.63. The Labute approximate surface area is 139 Å². The molecule has 0 saturated heterocycles. The van der Waals surface area contributed by atoms with Gasteiger partial charge >= 0.3 is 0 Å². The molecule has 3 saturated carbocycles. The molecule has 0 aromatic carbocycles. The van der Waals surface area contributed by atoms with Crippen molar-refractivity contribution in [2.45, 2.75) is 84.7 Å². The van der Waals surface area contributed by atoms with Crippen LogP contribution in [0.4, 0.5) is 0 Å². The Morgan fingerprint density at radius 3 is 2.14 bits per heavy atom. The molecular formula is C19H33BrO. The quantitative estimate of drug-likeness (QED) is 0.446. The predicted molar refractivity (Wildman–Crippen MR) is 92.9 cm³/mol. The van der Waals surface area contributed by atoms with Crippen molar-refractivity contribution >= 4 is 15.9 Å². The van der Waals surface area contributed by atoms with Crippen molar-refractivity contribution in [3.8, 4) is 0 Å². The van der Waals surface area contributed by atoms with E-state index in [1.165, 1.54) is 57.8 Å². The monoisotopic (exact) mass is 356 g/mol. The van der Waals surface area contributed by atoms with Gasteiger partial charge in [0.2, 0.25) is 0 Å². The van der Waals surface area contributed by atoms with Crippen LogP contribution in [0.15, 0.2) is 0 Å². The van der Waals surface area contributed by atoms with Crippen LogP contribution >= 0.6 is 15.9 Å². The third-order valence-corrected chi connectivity index (χ3v) is 8.94. The fourth-order valence-corrected chi connectivity index (χ4v) is 6.18. The predicted octanol–water partition coefficient (Wildman–Crippen LogP) is 5.95. The van der Waals surface area contributed by atoms with E-state index in [4.69, 9.17) is 4.74 Å². The molecule has 3 rings (SSSR count). The van der Waals surface area contributed by atoms with Gasteiger partial charge in [-0.15, -0.1) is 0 Å². The summed E-state index contributed by atoms with van der Waals surface area (Å²) in [5, 5.41) is 1.12. The molecule has 0 aliphatic heterocycles. The molecule has 3 unspecified atom stereocenters.